The second-order valence-corrected chi connectivity index (χ2v) is 27.8. The molecule has 6 rings (SSSR count). The van der Waals surface area contributed by atoms with E-state index in [0.29, 0.717) is 67.0 Å². The number of fused-ring (bicyclic) bond motifs is 1. The molecule has 3 aromatic rings. The number of phenolic OH excluding ortho intramolecular Hbond substituents is 1. The molecule has 0 bridgehead atoms. The smallest absolute Gasteiger partial charge is 0.323 e. The quantitative estimate of drug-likeness (QED) is 0.0243. The number of carbonyl (C=O) groups is 16. The van der Waals surface area contributed by atoms with Gasteiger partial charge in [0.25, 0.3) is 0 Å². The Labute approximate surface area is 622 Å². The number of carboxylic acid groups (broad SMARTS) is 2. The van der Waals surface area contributed by atoms with Crippen LogP contribution in [-0.4, -0.2) is 278 Å². The SMILES string of the molecule is CCCC[C@@H](C(=O)N[C@@H](CN)C(=O)NCCSCC(=O)N[C@@H](Cc1ccc(O)cc1)C(=O)N1CCCC[C@H]1C(=O)NCC(=O)N1CCC[C@H]1C(=O)NCC(=O)N[C@@H](CCC(=O)O)C(=O)N1CCC[C@H]1C(N)=O)N(C)C(=O)CN(C)C(=O)[C@H](Cc1cn(CC(=O)O)c2ccccc12)NC(=O)[C@H](CCN)NC(C)=O. The maximum atomic E-state index is 14.6. The number of nitrogens with two attached hydrogens (primary N) is 3. The monoisotopic (exact) mass is 1520 g/mol. The van der Waals surface area contributed by atoms with Crippen molar-refractivity contribution in [3.05, 3.63) is 65.9 Å². The zero-order valence-electron chi connectivity index (χ0n) is 60.7. The number of piperidine rings is 1. The first-order valence-corrected chi connectivity index (χ1v) is 36.9. The summed E-state index contributed by atoms with van der Waals surface area (Å²) in [5.74, 6) is -12.1. The number of nitrogens with zero attached hydrogens (tertiary/aromatic N) is 6. The summed E-state index contributed by atoms with van der Waals surface area (Å²) in [6.07, 6.45) is 4.38. The highest BCUT2D eigenvalue weighted by atomic mass is 32.2. The molecule has 107 heavy (non-hydrogen) atoms. The molecule has 14 amide bonds. The van der Waals surface area contributed by atoms with Gasteiger partial charge in [-0.3, -0.25) is 76.7 Å². The second-order valence-electron chi connectivity index (χ2n) is 26.6. The van der Waals surface area contributed by atoms with Crippen LogP contribution < -0.4 is 59.7 Å². The fraction of sp³-hybridized carbons (Fsp3) is 0.571. The molecule has 36 nitrogen and oxygen atoms in total. The number of carboxylic acids is 2. The topological polar surface area (TPSA) is 529 Å². The third-order valence-electron chi connectivity index (χ3n) is 18.7. The van der Waals surface area contributed by atoms with Crippen molar-refractivity contribution in [2.75, 3.05) is 84.5 Å². The number of likely N-dealkylation sites (tertiary alicyclic amines) is 3. The van der Waals surface area contributed by atoms with Crippen LogP contribution in [0.5, 0.6) is 5.75 Å². The Bertz CT molecular complexity index is 3710. The first-order valence-electron chi connectivity index (χ1n) is 35.7. The number of aliphatic carboxylic acids is 2. The van der Waals surface area contributed by atoms with Crippen molar-refractivity contribution in [2.45, 2.75) is 171 Å². The van der Waals surface area contributed by atoms with Crippen molar-refractivity contribution in [1.29, 1.82) is 0 Å². The van der Waals surface area contributed by atoms with Crippen molar-refractivity contribution in [2.24, 2.45) is 17.2 Å². The number of phenols is 1. The number of carbonyl (C=O) groups excluding carboxylic acids is 14. The number of primary amides is 1. The molecule has 0 unspecified atom stereocenters. The van der Waals surface area contributed by atoms with Gasteiger partial charge in [-0.15, -0.1) is 0 Å². The summed E-state index contributed by atoms with van der Waals surface area (Å²) >= 11 is 1.10. The molecule has 4 heterocycles. The number of thioether (sulfide) groups is 1. The summed E-state index contributed by atoms with van der Waals surface area (Å²) in [4.78, 5) is 219. The number of likely N-dealkylation sites (N-methyl/N-ethyl adjacent to an activating group) is 2. The first-order chi connectivity index (χ1) is 51.0. The summed E-state index contributed by atoms with van der Waals surface area (Å²) < 4.78 is 1.49. The molecule has 17 N–H and O–H groups in total. The van der Waals surface area contributed by atoms with E-state index >= 15 is 0 Å². The number of amides is 14. The summed E-state index contributed by atoms with van der Waals surface area (Å²) in [6.45, 7) is 0.907. The van der Waals surface area contributed by atoms with Crippen LogP contribution >= 0.6 is 11.8 Å². The molecule has 3 saturated heterocycles. The van der Waals surface area contributed by atoms with Gasteiger partial charge in [0.1, 0.15) is 66.7 Å². The molecule has 0 radical (unpaired) electrons. The van der Waals surface area contributed by atoms with E-state index in [4.69, 9.17) is 17.2 Å². The second kappa shape index (κ2) is 42.1. The Hall–Kier alpha value is -10.4. The van der Waals surface area contributed by atoms with Crippen LogP contribution in [0.3, 0.4) is 0 Å². The van der Waals surface area contributed by atoms with Crippen molar-refractivity contribution in [1.82, 2.24) is 71.6 Å². The van der Waals surface area contributed by atoms with Gasteiger partial charge in [-0.25, -0.2) is 0 Å². The van der Waals surface area contributed by atoms with Gasteiger partial charge in [0, 0.05) is 95.9 Å². The van der Waals surface area contributed by atoms with Gasteiger partial charge in [0.05, 0.1) is 25.4 Å². The van der Waals surface area contributed by atoms with Crippen LogP contribution in [0.1, 0.15) is 108 Å². The van der Waals surface area contributed by atoms with Crippen LogP contribution in [0.2, 0.25) is 0 Å². The van der Waals surface area contributed by atoms with Gasteiger partial charge < -0.3 is 104 Å². The van der Waals surface area contributed by atoms with E-state index in [0.717, 1.165) is 21.6 Å². The summed E-state index contributed by atoms with van der Waals surface area (Å²) in [5, 5.41) is 50.4. The average molecular weight is 1520 g/mol. The lowest BCUT2D eigenvalue weighted by atomic mass is 9.98. The largest absolute Gasteiger partial charge is 0.508 e. The third-order valence-corrected chi connectivity index (χ3v) is 19.7. The molecule has 1 aromatic heterocycles. The molecule has 9 atom stereocenters. The number of para-hydroxylation sites is 1. The number of hydrogen-bond acceptors (Lipinski definition) is 20. The molecule has 3 fully saturated rings. The number of hydrogen-bond donors (Lipinski definition) is 14. The zero-order valence-corrected chi connectivity index (χ0v) is 61.5. The van der Waals surface area contributed by atoms with E-state index in [1.807, 2.05) is 6.92 Å². The maximum Gasteiger partial charge on any atom is 0.323 e. The van der Waals surface area contributed by atoms with Gasteiger partial charge in [-0.05, 0) is 100 Å². The number of aromatic nitrogens is 1. The molecular weight excluding hydrogens is 1410 g/mol. The third kappa shape index (κ3) is 25.4. The van der Waals surface area contributed by atoms with Crippen molar-refractivity contribution in [3.8, 4) is 5.75 Å². The van der Waals surface area contributed by atoms with Gasteiger partial charge in [0.15, 0.2) is 0 Å². The van der Waals surface area contributed by atoms with Gasteiger partial charge in [-0.2, -0.15) is 11.8 Å². The zero-order chi connectivity index (χ0) is 78.6. The molecule has 0 aliphatic carbocycles. The first kappa shape index (κ1) is 85.5. The molecule has 0 saturated carbocycles. The van der Waals surface area contributed by atoms with Crippen molar-refractivity contribution < 1.29 is 92.0 Å². The molecule has 3 aliphatic heterocycles. The average Bonchev–Trinajstić information content (AvgIpc) is 1.76. The maximum absolute atomic E-state index is 14.6. The Morgan fingerprint density at radius 2 is 1.24 bits per heavy atom. The van der Waals surface area contributed by atoms with Crippen LogP contribution in [0.25, 0.3) is 10.9 Å². The predicted molar refractivity (Wildman–Crippen MR) is 388 cm³/mol. The van der Waals surface area contributed by atoms with Gasteiger partial charge in [-0.1, -0.05) is 50.1 Å². The Morgan fingerprint density at radius 3 is 1.90 bits per heavy atom. The predicted octanol–water partition coefficient (Wildman–Crippen LogP) is -3.76. The Morgan fingerprint density at radius 1 is 0.626 bits per heavy atom. The lowest BCUT2D eigenvalue weighted by Crippen LogP contribution is -2.59. The van der Waals surface area contributed by atoms with Crippen molar-refractivity contribution >= 4 is 117 Å². The van der Waals surface area contributed by atoms with E-state index in [1.54, 1.807) is 42.6 Å². The minimum Gasteiger partial charge on any atom is -0.508 e. The lowest BCUT2D eigenvalue weighted by molar-refractivity contribution is -0.145. The molecule has 2 aromatic carbocycles. The van der Waals surface area contributed by atoms with Crippen LogP contribution in [0, 0.1) is 0 Å². The van der Waals surface area contributed by atoms with Crippen LogP contribution in [-0.2, 0) is 96.1 Å². The normalized spacial score (nSPS) is 17.2. The highest BCUT2D eigenvalue weighted by molar-refractivity contribution is 7.99. The fourth-order valence-electron chi connectivity index (χ4n) is 13.2. The highest BCUT2D eigenvalue weighted by Crippen LogP contribution is 2.26. The van der Waals surface area contributed by atoms with Crippen LogP contribution in [0.4, 0.5) is 0 Å². The fourth-order valence-corrected chi connectivity index (χ4v) is 13.8. The van der Waals surface area contributed by atoms with Gasteiger partial charge >= 0.3 is 11.9 Å². The lowest BCUT2D eigenvalue weighted by Gasteiger charge is -2.37. The summed E-state index contributed by atoms with van der Waals surface area (Å²) in [5.41, 5.74) is 18.8. The van der Waals surface area contributed by atoms with E-state index < -0.39 is 182 Å². The number of aromatic hydroxyl groups is 1. The highest BCUT2D eigenvalue weighted by Gasteiger charge is 2.41. The molecular formula is C70H101N17O19S. The molecule has 37 heteroatoms. The number of nitrogens with one attached hydrogen (secondary N) is 8. The molecule has 0 spiro atoms. The number of unbranched alkanes of at least 4 members (excludes halogenated alkanes) is 1. The standard InChI is InChI=1S/C70H101N17O19S/c1-5-6-14-53(83(4)59(93)38-82(3)68(104)49(80-64(100)46(25-26-71)77-41(2)88)33-43-37-84(39-61(96)97)51-15-8-7-13-45(43)51)67(103)81-50(34-72)63(99)74-27-31-107-40-57(91)79-48(32-42-19-21-44(89)22-20-42)70(106)87-28-10-9-16-55(87)66(102)76-36-58(92)85-29-12-18-54(85)65(101)75-35-56(90)78-47(23-24-60(94)95)69(105)86-30-11-17-52(86)62(73)98/h7-8,13,15,19-22,37,46-50,52-55,89H,5-6,9-12,14,16-18,23-36,38-40,71-72H2,1-4H3,(H2,73,98)(H,74,99)(H,75,101)(H,76,102)(H,77,88)(H,78,90)(H,79,91)(H,80,100)(H,81,103)(H,94,95)(H,96,97)/t46-,47-,48-,49-,50-,52-,53-,54-,55-/m0/s1. The summed E-state index contributed by atoms with van der Waals surface area (Å²) in [6, 6.07) is 2.26. The van der Waals surface area contributed by atoms with E-state index in [2.05, 4.69) is 42.5 Å². The number of benzene rings is 2. The van der Waals surface area contributed by atoms with Crippen LogP contribution in [0.15, 0.2) is 54.7 Å². The molecule has 3 aliphatic rings. The van der Waals surface area contributed by atoms with E-state index in [1.165, 1.54) is 52.4 Å². The Balaban J connectivity index is 1.01. The minimum absolute atomic E-state index is 0.00601. The summed E-state index contributed by atoms with van der Waals surface area (Å²) in [7, 11) is 2.69. The number of rotatable bonds is 41. The Kier molecular flexibility index (Phi) is 33.6. The van der Waals surface area contributed by atoms with E-state index in [9.17, 15) is 92.0 Å². The van der Waals surface area contributed by atoms with E-state index in [-0.39, 0.29) is 101 Å². The van der Waals surface area contributed by atoms with Gasteiger partial charge in [0.2, 0.25) is 82.7 Å². The molecule has 586 valence electrons. The minimum atomic E-state index is -1.36. The van der Waals surface area contributed by atoms with Crippen molar-refractivity contribution in [3.63, 3.8) is 0 Å².